The van der Waals surface area contributed by atoms with E-state index in [0.717, 1.165) is 42.9 Å². The third-order valence-corrected chi connectivity index (χ3v) is 4.56. The Morgan fingerprint density at radius 3 is 2.16 bits per heavy atom. The molecule has 0 aliphatic rings. The summed E-state index contributed by atoms with van der Waals surface area (Å²) in [5.74, 6) is 0.942. The highest BCUT2D eigenvalue weighted by Gasteiger charge is 2.01. The van der Waals surface area contributed by atoms with Crippen LogP contribution in [0.1, 0.15) is 70.8 Å². The molecule has 2 heteroatoms. The summed E-state index contributed by atoms with van der Waals surface area (Å²) in [6.07, 6.45) is 13.5. The van der Waals surface area contributed by atoms with Crippen molar-refractivity contribution in [1.29, 1.82) is 0 Å². The molecule has 0 spiro atoms. The van der Waals surface area contributed by atoms with E-state index in [4.69, 9.17) is 4.74 Å². The van der Waals surface area contributed by atoms with Crippen LogP contribution in [0.25, 0.3) is 11.3 Å². The molecule has 0 unspecified atom stereocenters. The number of pyridine rings is 1. The number of unbranched alkanes of at least 4 members (excludes halogenated alkanes) is 6. The quantitative estimate of drug-likeness (QED) is 0.395. The standard InChI is InChI=1S/C23H33NO/c1-3-5-7-8-9-10-11-20-12-17-23(24-19-20)21-13-15-22(16-14-21)25-18-6-4-2/h12-17,19H,3-11,18H2,1-2H3. The molecule has 0 saturated carbocycles. The summed E-state index contributed by atoms with van der Waals surface area (Å²) < 4.78 is 5.72. The number of hydrogen-bond acceptors (Lipinski definition) is 2. The minimum Gasteiger partial charge on any atom is -0.494 e. The molecule has 0 saturated heterocycles. The molecule has 25 heavy (non-hydrogen) atoms. The largest absolute Gasteiger partial charge is 0.494 e. The Bertz CT molecular complexity index is 574. The molecule has 0 amide bonds. The SMILES string of the molecule is CCCCCCCCc1ccc(-c2ccc(OCCCC)cc2)nc1. The molecule has 2 rings (SSSR count). The highest BCUT2D eigenvalue weighted by atomic mass is 16.5. The Kier molecular flexibility index (Phi) is 9.11. The Morgan fingerprint density at radius 2 is 1.48 bits per heavy atom. The van der Waals surface area contributed by atoms with Crippen molar-refractivity contribution < 1.29 is 4.74 Å². The van der Waals surface area contributed by atoms with Crippen LogP contribution in [0.2, 0.25) is 0 Å². The van der Waals surface area contributed by atoms with Crippen molar-refractivity contribution in [2.75, 3.05) is 6.61 Å². The fourth-order valence-electron chi connectivity index (χ4n) is 2.91. The maximum Gasteiger partial charge on any atom is 0.119 e. The lowest BCUT2D eigenvalue weighted by Gasteiger charge is -2.07. The maximum atomic E-state index is 5.72. The highest BCUT2D eigenvalue weighted by molar-refractivity contribution is 5.60. The van der Waals surface area contributed by atoms with Crippen LogP contribution in [0.4, 0.5) is 0 Å². The van der Waals surface area contributed by atoms with Crippen LogP contribution in [-0.2, 0) is 6.42 Å². The van der Waals surface area contributed by atoms with Crippen molar-refractivity contribution >= 4 is 0 Å². The lowest BCUT2D eigenvalue weighted by molar-refractivity contribution is 0.309. The van der Waals surface area contributed by atoms with Crippen LogP contribution >= 0.6 is 0 Å². The summed E-state index contributed by atoms with van der Waals surface area (Å²) in [5.41, 5.74) is 3.53. The molecule has 1 aromatic heterocycles. The van der Waals surface area contributed by atoms with E-state index in [2.05, 4.69) is 43.1 Å². The first kappa shape index (κ1) is 19.5. The van der Waals surface area contributed by atoms with Crippen LogP contribution in [0, 0.1) is 0 Å². The monoisotopic (exact) mass is 339 g/mol. The second-order valence-electron chi connectivity index (χ2n) is 6.80. The van der Waals surface area contributed by atoms with Crippen LogP contribution in [0.5, 0.6) is 5.75 Å². The minimum atomic E-state index is 0.793. The summed E-state index contributed by atoms with van der Waals surface area (Å²) in [7, 11) is 0. The second kappa shape index (κ2) is 11.7. The molecule has 0 aliphatic carbocycles. The van der Waals surface area contributed by atoms with Gasteiger partial charge in [0.25, 0.3) is 0 Å². The van der Waals surface area contributed by atoms with Crippen LogP contribution in [-0.4, -0.2) is 11.6 Å². The molecular weight excluding hydrogens is 306 g/mol. The first-order valence-corrected chi connectivity index (χ1v) is 10.0. The first-order valence-electron chi connectivity index (χ1n) is 10.0. The van der Waals surface area contributed by atoms with Crippen molar-refractivity contribution in [3.05, 3.63) is 48.2 Å². The lowest BCUT2D eigenvalue weighted by Crippen LogP contribution is -1.96. The van der Waals surface area contributed by atoms with Gasteiger partial charge in [0.15, 0.2) is 0 Å². The van der Waals surface area contributed by atoms with E-state index in [1.807, 2.05) is 18.3 Å². The Hall–Kier alpha value is -1.83. The van der Waals surface area contributed by atoms with Gasteiger partial charge in [0.1, 0.15) is 5.75 Å². The number of nitrogens with zero attached hydrogens (tertiary/aromatic N) is 1. The van der Waals surface area contributed by atoms with Crippen molar-refractivity contribution in [3.63, 3.8) is 0 Å². The van der Waals surface area contributed by atoms with Crippen LogP contribution < -0.4 is 4.74 Å². The fourth-order valence-corrected chi connectivity index (χ4v) is 2.91. The Morgan fingerprint density at radius 1 is 0.760 bits per heavy atom. The summed E-state index contributed by atoms with van der Waals surface area (Å²) in [6.45, 7) is 5.23. The molecule has 2 aromatic rings. The van der Waals surface area contributed by atoms with E-state index in [1.165, 1.54) is 44.1 Å². The number of rotatable bonds is 12. The van der Waals surface area contributed by atoms with Gasteiger partial charge in [-0.2, -0.15) is 0 Å². The van der Waals surface area contributed by atoms with Gasteiger partial charge in [0.2, 0.25) is 0 Å². The molecule has 0 fully saturated rings. The number of benzene rings is 1. The molecule has 0 bridgehead atoms. The van der Waals surface area contributed by atoms with Crippen molar-refractivity contribution in [3.8, 4) is 17.0 Å². The minimum absolute atomic E-state index is 0.793. The number of aryl methyl sites for hydroxylation is 1. The summed E-state index contributed by atoms with van der Waals surface area (Å²) >= 11 is 0. The third-order valence-electron chi connectivity index (χ3n) is 4.56. The summed E-state index contributed by atoms with van der Waals surface area (Å²) in [4.78, 5) is 4.64. The van der Waals surface area contributed by atoms with E-state index in [9.17, 15) is 0 Å². The Labute approximate surface area is 153 Å². The zero-order valence-electron chi connectivity index (χ0n) is 16.0. The predicted molar refractivity (Wildman–Crippen MR) is 107 cm³/mol. The fraction of sp³-hybridized carbons (Fsp3) is 0.522. The van der Waals surface area contributed by atoms with Gasteiger partial charge >= 0.3 is 0 Å². The van der Waals surface area contributed by atoms with Crippen LogP contribution in [0.3, 0.4) is 0 Å². The van der Waals surface area contributed by atoms with Gasteiger partial charge in [-0.15, -0.1) is 0 Å². The van der Waals surface area contributed by atoms with E-state index >= 15 is 0 Å². The number of aromatic nitrogens is 1. The molecule has 1 heterocycles. The zero-order chi connectivity index (χ0) is 17.7. The summed E-state index contributed by atoms with van der Waals surface area (Å²) in [6, 6.07) is 12.6. The molecule has 136 valence electrons. The van der Waals surface area contributed by atoms with Gasteiger partial charge in [0.05, 0.1) is 12.3 Å². The van der Waals surface area contributed by atoms with E-state index in [0.29, 0.717) is 0 Å². The van der Waals surface area contributed by atoms with Crippen molar-refractivity contribution in [2.45, 2.75) is 71.6 Å². The zero-order valence-corrected chi connectivity index (χ0v) is 16.0. The molecular formula is C23H33NO. The molecule has 0 N–H and O–H groups in total. The maximum absolute atomic E-state index is 5.72. The molecule has 0 aliphatic heterocycles. The first-order chi connectivity index (χ1) is 12.3. The van der Waals surface area contributed by atoms with Gasteiger partial charge in [0, 0.05) is 11.8 Å². The molecule has 0 radical (unpaired) electrons. The normalized spacial score (nSPS) is 10.8. The van der Waals surface area contributed by atoms with E-state index < -0.39 is 0 Å². The Balaban J connectivity index is 1.79. The van der Waals surface area contributed by atoms with Gasteiger partial charge in [-0.3, -0.25) is 4.98 Å². The average Bonchev–Trinajstić information content (AvgIpc) is 2.66. The van der Waals surface area contributed by atoms with Gasteiger partial charge in [-0.1, -0.05) is 58.4 Å². The van der Waals surface area contributed by atoms with Crippen molar-refractivity contribution in [2.24, 2.45) is 0 Å². The topological polar surface area (TPSA) is 22.1 Å². The molecule has 1 aromatic carbocycles. The number of ether oxygens (including phenoxy) is 1. The van der Waals surface area contributed by atoms with Crippen molar-refractivity contribution in [1.82, 2.24) is 4.98 Å². The third kappa shape index (κ3) is 7.29. The molecule has 2 nitrogen and oxygen atoms in total. The van der Waals surface area contributed by atoms with Gasteiger partial charge < -0.3 is 4.74 Å². The molecule has 0 atom stereocenters. The lowest BCUT2D eigenvalue weighted by atomic mass is 10.1. The summed E-state index contributed by atoms with van der Waals surface area (Å²) in [5, 5.41) is 0. The van der Waals surface area contributed by atoms with Gasteiger partial charge in [-0.05, 0) is 55.2 Å². The van der Waals surface area contributed by atoms with E-state index in [1.54, 1.807) is 0 Å². The average molecular weight is 340 g/mol. The van der Waals surface area contributed by atoms with E-state index in [-0.39, 0.29) is 0 Å². The smallest absolute Gasteiger partial charge is 0.119 e. The van der Waals surface area contributed by atoms with Crippen LogP contribution in [0.15, 0.2) is 42.6 Å². The predicted octanol–water partition coefficient (Wildman–Crippen LogP) is 6.83. The second-order valence-corrected chi connectivity index (χ2v) is 6.80. The van der Waals surface area contributed by atoms with Gasteiger partial charge in [-0.25, -0.2) is 0 Å². The number of hydrogen-bond donors (Lipinski definition) is 0. The highest BCUT2D eigenvalue weighted by Crippen LogP contribution is 2.21.